The zero-order valence-electron chi connectivity index (χ0n) is 9.58. The lowest BCUT2D eigenvalue weighted by Gasteiger charge is -2.29. The van der Waals surface area contributed by atoms with Crippen LogP contribution < -0.4 is 10.6 Å². The summed E-state index contributed by atoms with van der Waals surface area (Å²) in [5.74, 6) is 1.11. The van der Waals surface area contributed by atoms with E-state index in [9.17, 15) is 0 Å². The van der Waals surface area contributed by atoms with Crippen molar-refractivity contribution in [1.82, 2.24) is 14.5 Å². The molecule has 0 saturated carbocycles. The number of nitrogens with zero attached hydrogens (tertiary/aromatic N) is 4. The summed E-state index contributed by atoms with van der Waals surface area (Å²) in [7, 11) is 0. The third-order valence-electron chi connectivity index (χ3n) is 3.12. The van der Waals surface area contributed by atoms with Gasteiger partial charge in [0.25, 0.3) is 0 Å². The maximum Gasteiger partial charge on any atom is 0.128 e. The van der Waals surface area contributed by atoms with E-state index in [-0.39, 0.29) is 0 Å². The standard InChI is InChI=1S/C12H15N5/c13-8-10-7-11(1-2-14-10)17-6-5-16-4-3-15-12(16)9-17/h1-4,7H,5-6,8-9,13H2. The summed E-state index contributed by atoms with van der Waals surface area (Å²) in [6.07, 6.45) is 5.71. The molecule has 3 rings (SSSR count). The van der Waals surface area contributed by atoms with Crippen molar-refractivity contribution in [2.75, 3.05) is 11.4 Å². The number of fused-ring (bicyclic) bond motifs is 1. The third kappa shape index (κ3) is 1.89. The molecule has 3 heterocycles. The molecule has 88 valence electrons. The fourth-order valence-electron chi connectivity index (χ4n) is 2.17. The van der Waals surface area contributed by atoms with Crippen LogP contribution in [-0.4, -0.2) is 21.1 Å². The van der Waals surface area contributed by atoms with Crippen LogP contribution in [0.15, 0.2) is 30.7 Å². The second-order valence-corrected chi connectivity index (χ2v) is 4.17. The van der Waals surface area contributed by atoms with Gasteiger partial charge in [0, 0.05) is 43.9 Å². The summed E-state index contributed by atoms with van der Waals surface area (Å²) in [6, 6.07) is 4.08. The molecule has 2 aromatic rings. The van der Waals surface area contributed by atoms with Gasteiger partial charge < -0.3 is 15.2 Å². The van der Waals surface area contributed by atoms with Gasteiger partial charge in [0.05, 0.1) is 12.2 Å². The van der Waals surface area contributed by atoms with Crippen molar-refractivity contribution in [3.8, 4) is 0 Å². The minimum atomic E-state index is 0.482. The minimum Gasteiger partial charge on any atom is -0.362 e. The van der Waals surface area contributed by atoms with E-state index >= 15 is 0 Å². The highest BCUT2D eigenvalue weighted by Gasteiger charge is 2.16. The number of anilines is 1. The molecule has 1 aliphatic rings. The fraction of sp³-hybridized carbons (Fsp3) is 0.333. The SMILES string of the molecule is NCc1cc(N2CCn3ccnc3C2)ccn1. The Bertz CT molecular complexity index is 519. The Balaban J connectivity index is 1.86. The first-order valence-corrected chi connectivity index (χ1v) is 5.77. The Labute approximate surface area is 99.9 Å². The van der Waals surface area contributed by atoms with Gasteiger partial charge in [0.2, 0.25) is 0 Å². The van der Waals surface area contributed by atoms with Crippen LogP contribution in [0.2, 0.25) is 0 Å². The lowest BCUT2D eigenvalue weighted by molar-refractivity contribution is 0.560. The zero-order valence-corrected chi connectivity index (χ0v) is 9.58. The molecular formula is C12H15N5. The molecule has 1 aliphatic heterocycles. The van der Waals surface area contributed by atoms with Crippen molar-refractivity contribution >= 4 is 5.69 Å². The molecule has 17 heavy (non-hydrogen) atoms. The highest BCUT2D eigenvalue weighted by Crippen LogP contribution is 2.20. The number of aromatic nitrogens is 3. The molecule has 0 radical (unpaired) electrons. The van der Waals surface area contributed by atoms with Crippen LogP contribution in [0.5, 0.6) is 0 Å². The van der Waals surface area contributed by atoms with E-state index in [1.54, 1.807) is 0 Å². The summed E-state index contributed by atoms with van der Waals surface area (Å²) in [4.78, 5) is 10.9. The molecule has 0 spiro atoms. The van der Waals surface area contributed by atoms with Crippen LogP contribution in [0, 0.1) is 0 Å². The van der Waals surface area contributed by atoms with Gasteiger partial charge in [0.1, 0.15) is 5.82 Å². The van der Waals surface area contributed by atoms with E-state index in [1.807, 2.05) is 24.7 Å². The van der Waals surface area contributed by atoms with E-state index in [4.69, 9.17) is 5.73 Å². The molecule has 0 amide bonds. The number of rotatable bonds is 2. The van der Waals surface area contributed by atoms with Gasteiger partial charge >= 0.3 is 0 Å². The fourth-order valence-corrected chi connectivity index (χ4v) is 2.17. The molecule has 2 aromatic heterocycles. The zero-order chi connectivity index (χ0) is 11.7. The molecule has 5 nitrogen and oxygen atoms in total. The normalized spacial score (nSPS) is 14.8. The van der Waals surface area contributed by atoms with E-state index in [2.05, 4.69) is 25.5 Å². The van der Waals surface area contributed by atoms with E-state index < -0.39 is 0 Å². The summed E-state index contributed by atoms with van der Waals surface area (Å²) in [6.45, 7) is 3.31. The summed E-state index contributed by atoms with van der Waals surface area (Å²) in [5.41, 5.74) is 7.71. The third-order valence-corrected chi connectivity index (χ3v) is 3.12. The predicted molar refractivity (Wildman–Crippen MR) is 65.4 cm³/mol. The predicted octanol–water partition coefficient (Wildman–Crippen LogP) is 0.757. The number of hydrogen-bond donors (Lipinski definition) is 1. The maximum absolute atomic E-state index is 5.61. The summed E-state index contributed by atoms with van der Waals surface area (Å²) in [5, 5.41) is 0. The van der Waals surface area contributed by atoms with Gasteiger partial charge in [-0.05, 0) is 12.1 Å². The van der Waals surface area contributed by atoms with Gasteiger partial charge in [0.15, 0.2) is 0 Å². The average molecular weight is 229 g/mol. The molecule has 0 fully saturated rings. The smallest absolute Gasteiger partial charge is 0.128 e. The van der Waals surface area contributed by atoms with Crippen molar-refractivity contribution in [2.24, 2.45) is 5.73 Å². The largest absolute Gasteiger partial charge is 0.362 e. The van der Waals surface area contributed by atoms with Crippen LogP contribution in [0.4, 0.5) is 5.69 Å². The second kappa shape index (κ2) is 4.18. The number of pyridine rings is 1. The van der Waals surface area contributed by atoms with E-state index in [0.29, 0.717) is 6.54 Å². The molecule has 0 aliphatic carbocycles. The van der Waals surface area contributed by atoms with Crippen molar-refractivity contribution in [1.29, 1.82) is 0 Å². The van der Waals surface area contributed by atoms with Crippen molar-refractivity contribution in [3.05, 3.63) is 42.2 Å². The van der Waals surface area contributed by atoms with Gasteiger partial charge in [-0.1, -0.05) is 0 Å². The Kier molecular flexibility index (Phi) is 2.53. The summed E-state index contributed by atoms with van der Waals surface area (Å²) >= 11 is 0. The van der Waals surface area contributed by atoms with Crippen LogP contribution in [0.25, 0.3) is 0 Å². The Morgan fingerprint density at radius 2 is 2.18 bits per heavy atom. The van der Waals surface area contributed by atoms with E-state index in [1.165, 1.54) is 5.69 Å². The second-order valence-electron chi connectivity index (χ2n) is 4.17. The first kappa shape index (κ1) is 10.3. The molecule has 0 aromatic carbocycles. The topological polar surface area (TPSA) is 60.0 Å². The molecule has 5 heteroatoms. The van der Waals surface area contributed by atoms with Crippen LogP contribution in [-0.2, 0) is 19.6 Å². The first-order valence-electron chi connectivity index (χ1n) is 5.77. The quantitative estimate of drug-likeness (QED) is 0.825. The van der Waals surface area contributed by atoms with Crippen LogP contribution in [0.1, 0.15) is 11.5 Å². The Morgan fingerprint density at radius 3 is 3.06 bits per heavy atom. The molecule has 0 bridgehead atoms. The summed E-state index contributed by atoms with van der Waals surface area (Å²) < 4.78 is 2.20. The van der Waals surface area contributed by atoms with E-state index in [0.717, 1.165) is 31.2 Å². The number of nitrogens with two attached hydrogens (primary N) is 1. The lowest BCUT2D eigenvalue weighted by atomic mass is 10.2. The molecular weight excluding hydrogens is 214 g/mol. The maximum atomic E-state index is 5.61. The average Bonchev–Trinajstić information content (AvgIpc) is 2.86. The number of hydrogen-bond acceptors (Lipinski definition) is 4. The van der Waals surface area contributed by atoms with Crippen molar-refractivity contribution in [2.45, 2.75) is 19.6 Å². The molecule has 0 atom stereocenters. The van der Waals surface area contributed by atoms with Gasteiger partial charge in [-0.3, -0.25) is 4.98 Å². The molecule has 0 unspecified atom stereocenters. The number of imidazole rings is 1. The van der Waals surface area contributed by atoms with Crippen molar-refractivity contribution < 1.29 is 0 Å². The minimum absolute atomic E-state index is 0.482. The van der Waals surface area contributed by atoms with Gasteiger partial charge in [-0.2, -0.15) is 0 Å². The van der Waals surface area contributed by atoms with Gasteiger partial charge in [-0.25, -0.2) is 4.98 Å². The molecule has 2 N–H and O–H groups in total. The first-order chi connectivity index (χ1) is 8.36. The highest BCUT2D eigenvalue weighted by atomic mass is 15.2. The molecule has 0 saturated heterocycles. The monoisotopic (exact) mass is 229 g/mol. The highest BCUT2D eigenvalue weighted by molar-refractivity contribution is 5.47. The van der Waals surface area contributed by atoms with Crippen molar-refractivity contribution in [3.63, 3.8) is 0 Å². The van der Waals surface area contributed by atoms with Crippen LogP contribution >= 0.6 is 0 Å². The lowest BCUT2D eigenvalue weighted by Crippen LogP contribution is -2.33. The Morgan fingerprint density at radius 1 is 1.24 bits per heavy atom. The van der Waals surface area contributed by atoms with Gasteiger partial charge in [-0.15, -0.1) is 0 Å². The Hall–Kier alpha value is -1.88. The van der Waals surface area contributed by atoms with Crippen LogP contribution in [0.3, 0.4) is 0 Å².